The van der Waals surface area contributed by atoms with Crippen molar-refractivity contribution in [2.75, 3.05) is 19.3 Å². The second kappa shape index (κ2) is 11.5. The van der Waals surface area contributed by atoms with E-state index in [1.54, 1.807) is 0 Å². The van der Waals surface area contributed by atoms with E-state index in [1.807, 2.05) is 5.32 Å². The van der Waals surface area contributed by atoms with E-state index in [9.17, 15) is 56.5 Å². The van der Waals surface area contributed by atoms with Crippen LogP contribution in [0, 0.1) is 11.6 Å². The molecule has 0 bridgehead atoms. The lowest BCUT2D eigenvalue weighted by Gasteiger charge is -2.30. The lowest BCUT2D eigenvalue weighted by atomic mass is 9.72. The zero-order valence-corrected chi connectivity index (χ0v) is 23.5. The summed E-state index contributed by atoms with van der Waals surface area (Å²) < 4.78 is 70.7. The Morgan fingerprint density at radius 2 is 1.81 bits per heavy atom. The SMILES string of the molecule is CS(=O)(=O)N1CCN(C(=O)NC(C(=O)NC2Cc3cccc(C(=O)O)c3OB2O)c2ccc(P(=O)(O)O)c(F)c2F)C1=O. The van der Waals surface area contributed by atoms with E-state index in [1.165, 1.54) is 18.2 Å². The van der Waals surface area contributed by atoms with Gasteiger partial charge in [-0.3, -0.25) is 9.36 Å². The molecule has 21 heteroatoms. The molecule has 0 aliphatic carbocycles. The molecule has 0 aromatic heterocycles. The topological polar surface area (TPSA) is 240 Å². The number of benzene rings is 2. The third-order valence-electron chi connectivity index (χ3n) is 6.54. The summed E-state index contributed by atoms with van der Waals surface area (Å²) in [6.45, 7) is -0.913. The van der Waals surface area contributed by atoms with Crippen LogP contribution in [0.25, 0.3) is 0 Å². The van der Waals surface area contributed by atoms with Crippen LogP contribution in [0.3, 0.4) is 0 Å². The Hall–Kier alpha value is -4.10. The molecule has 2 atom stereocenters. The largest absolute Gasteiger partial charge is 0.547 e. The summed E-state index contributed by atoms with van der Waals surface area (Å²) in [4.78, 5) is 69.4. The number of carbonyl (C=O) groups is 4. The van der Waals surface area contributed by atoms with Crippen molar-refractivity contribution in [1.29, 1.82) is 0 Å². The van der Waals surface area contributed by atoms with Gasteiger partial charge in [-0.25, -0.2) is 40.8 Å². The average molecular weight is 646 g/mol. The molecule has 2 aromatic rings. The number of imide groups is 1. The first-order chi connectivity index (χ1) is 19.9. The normalized spacial score (nSPS) is 17.7. The number of urea groups is 2. The van der Waals surface area contributed by atoms with E-state index in [0.29, 0.717) is 27.6 Å². The van der Waals surface area contributed by atoms with Crippen LogP contribution in [0.4, 0.5) is 18.4 Å². The molecular weight excluding hydrogens is 624 g/mol. The van der Waals surface area contributed by atoms with Crippen LogP contribution in [0.1, 0.15) is 27.5 Å². The van der Waals surface area contributed by atoms with Crippen LogP contribution in [0.5, 0.6) is 5.75 Å². The maximum Gasteiger partial charge on any atom is 0.547 e. The van der Waals surface area contributed by atoms with Crippen molar-refractivity contribution in [3.8, 4) is 5.75 Å². The van der Waals surface area contributed by atoms with Gasteiger partial charge in [-0.1, -0.05) is 18.2 Å². The fraction of sp³-hybridized carbons (Fsp3) is 0.273. The van der Waals surface area contributed by atoms with E-state index in [4.69, 9.17) is 4.65 Å². The smallest absolute Gasteiger partial charge is 0.534 e. The molecular formula is C22H22BF2N4O12PS. The number of aromatic carboxylic acids is 1. The zero-order valence-electron chi connectivity index (χ0n) is 21.8. The Bertz CT molecular complexity index is 1690. The number of nitrogens with zero attached hydrogens (tertiary/aromatic N) is 2. The standard InChI is InChI=1S/C22H22BF2N4O12PS/c1-43(39,40)29-8-7-28(22(29)34)21(33)27-17(11-5-6-13(42(36,37)38)16(25)15(11)24)19(30)26-14-9-10-3-2-4-12(20(31)32)18(10)41-23(14)35/h2-6,14,17,35H,7-9H2,1H3,(H,26,30)(H,27,33)(H,31,32)(H2,36,37,38). The summed E-state index contributed by atoms with van der Waals surface area (Å²) in [6, 6.07) is 0.182. The number of amides is 5. The van der Waals surface area contributed by atoms with Crippen molar-refractivity contribution in [2.24, 2.45) is 0 Å². The van der Waals surface area contributed by atoms with E-state index in [-0.39, 0.29) is 23.3 Å². The summed E-state index contributed by atoms with van der Waals surface area (Å²) in [5, 5.41) is 22.7. The molecule has 1 saturated heterocycles. The third kappa shape index (κ3) is 6.32. The van der Waals surface area contributed by atoms with Crippen LogP contribution in [0.15, 0.2) is 30.3 Å². The number of rotatable bonds is 7. The molecule has 2 heterocycles. The van der Waals surface area contributed by atoms with Crippen LogP contribution in [-0.4, -0.2) is 93.9 Å². The summed E-state index contributed by atoms with van der Waals surface area (Å²) in [5.41, 5.74) is -0.998. The molecule has 5 amide bonds. The minimum absolute atomic E-state index is 0.179. The maximum absolute atomic E-state index is 15.2. The molecule has 0 radical (unpaired) electrons. The van der Waals surface area contributed by atoms with Crippen LogP contribution < -0.4 is 20.6 Å². The van der Waals surface area contributed by atoms with Gasteiger partial charge >= 0.3 is 32.7 Å². The Balaban J connectivity index is 1.67. The number of hydrogen-bond donors (Lipinski definition) is 6. The third-order valence-corrected chi connectivity index (χ3v) is 8.65. The second-order valence-electron chi connectivity index (χ2n) is 9.42. The summed E-state index contributed by atoms with van der Waals surface area (Å²) in [7, 11) is -11.3. The summed E-state index contributed by atoms with van der Waals surface area (Å²) in [5.74, 6) is -8.19. The van der Waals surface area contributed by atoms with E-state index in [0.717, 1.165) is 0 Å². The molecule has 0 saturated carbocycles. The van der Waals surface area contributed by atoms with Gasteiger partial charge in [0.1, 0.15) is 17.1 Å². The molecule has 16 nitrogen and oxygen atoms in total. The molecule has 4 rings (SSSR count). The Labute approximate surface area is 241 Å². The number of carboxylic acids is 1. The van der Waals surface area contributed by atoms with Gasteiger partial charge in [0.25, 0.3) is 0 Å². The van der Waals surface area contributed by atoms with E-state index >= 15 is 4.39 Å². The lowest BCUT2D eigenvalue weighted by Crippen LogP contribution is -2.56. The minimum atomic E-state index is -5.32. The van der Waals surface area contributed by atoms with Crippen molar-refractivity contribution < 1.29 is 65.5 Å². The molecule has 2 aliphatic rings. The maximum atomic E-state index is 15.2. The highest BCUT2D eigenvalue weighted by Crippen LogP contribution is 2.36. The van der Waals surface area contributed by atoms with Crippen molar-refractivity contribution in [2.45, 2.75) is 18.4 Å². The van der Waals surface area contributed by atoms with Gasteiger partial charge in [-0.05, 0) is 24.1 Å². The molecule has 230 valence electrons. The second-order valence-corrected chi connectivity index (χ2v) is 12.9. The number of fused-ring (bicyclic) bond motifs is 1. The van der Waals surface area contributed by atoms with Crippen molar-refractivity contribution in [3.05, 3.63) is 58.7 Å². The minimum Gasteiger partial charge on any atom is -0.534 e. The average Bonchev–Trinajstić information content (AvgIpc) is 3.30. The number of hydrogen-bond acceptors (Lipinski definition) is 9. The van der Waals surface area contributed by atoms with E-state index in [2.05, 4.69) is 5.32 Å². The molecule has 0 spiro atoms. The van der Waals surface area contributed by atoms with E-state index < -0.39 is 96.3 Å². The number of para-hydroxylation sites is 1. The van der Waals surface area contributed by atoms with Crippen molar-refractivity contribution in [1.82, 2.24) is 19.8 Å². The van der Waals surface area contributed by atoms with Gasteiger partial charge < -0.3 is 35.2 Å². The quantitative estimate of drug-likeness (QED) is 0.158. The van der Waals surface area contributed by atoms with Crippen LogP contribution in [-0.2, 0) is 25.8 Å². The highest BCUT2D eigenvalue weighted by atomic mass is 32.2. The Morgan fingerprint density at radius 3 is 2.40 bits per heavy atom. The first-order valence-corrected chi connectivity index (χ1v) is 15.5. The fourth-order valence-electron chi connectivity index (χ4n) is 4.48. The highest BCUT2D eigenvalue weighted by molar-refractivity contribution is 7.88. The first kappa shape index (κ1) is 31.8. The number of sulfonamides is 1. The van der Waals surface area contributed by atoms with Crippen molar-refractivity contribution >= 4 is 54.0 Å². The van der Waals surface area contributed by atoms with Gasteiger partial charge in [0.2, 0.25) is 15.9 Å². The zero-order chi connectivity index (χ0) is 32.0. The Morgan fingerprint density at radius 1 is 1.14 bits per heavy atom. The predicted octanol–water partition coefficient (Wildman–Crippen LogP) is -0.946. The first-order valence-electron chi connectivity index (χ1n) is 12.1. The molecule has 6 N–H and O–H groups in total. The highest BCUT2D eigenvalue weighted by Gasteiger charge is 2.43. The van der Waals surface area contributed by atoms with Crippen molar-refractivity contribution in [3.63, 3.8) is 0 Å². The monoisotopic (exact) mass is 646 g/mol. The predicted molar refractivity (Wildman–Crippen MR) is 141 cm³/mol. The van der Waals surface area contributed by atoms with Gasteiger partial charge in [0.15, 0.2) is 11.6 Å². The van der Waals surface area contributed by atoms with Gasteiger partial charge in [-0.2, -0.15) is 0 Å². The molecule has 2 aromatic carbocycles. The molecule has 2 aliphatic heterocycles. The Kier molecular flexibility index (Phi) is 8.54. The number of nitrogens with one attached hydrogen (secondary N) is 2. The number of carboxylic acid groups (broad SMARTS) is 1. The molecule has 1 fully saturated rings. The van der Waals surface area contributed by atoms with Gasteiger partial charge in [0.05, 0.1) is 30.8 Å². The van der Waals surface area contributed by atoms with Gasteiger partial charge in [0, 0.05) is 5.56 Å². The molecule has 2 unspecified atom stereocenters. The summed E-state index contributed by atoms with van der Waals surface area (Å²) in [6.07, 6.45) is 0.477. The van der Waals surface area contributed by atoms with Gasteiger partial charge in [-0.15, -0.1) is 0 Å². The van der Waals surface area contributed by atoms with Crippen LogP contribution >= 0.6 is 7.60 Å². The number of carbonyl (C=O) groups excluding carboxylic acids is 3. The number of halogens is 2. The molecule has 43 heavy (non-hydrogen) atoms. The van der Waals surface area contributed by atoms with Crippen LogP contribution in [0.2, 0.25) is 0 Å². The summed E-state index contributed by atoms with van der Waals surface area (Å²) >= 11 is 0. The lowest BCUT2D eigenvalue weighted by molar-refractivity contribution is -0.123. The fourth-order valence-corrected chi connectivity index (χ4v) is 5.90.